The van der Waals surface area contributed by atoms with Gasteiger partial charge in [-0.1, -0.05) is 36.7 Å². The molecule has 1 atom stereocenters. The minimum absolute atomic E-state index is 0.235. The van der Waals surface area contributed by atoms with Crippen LogP contribution in [-0.2, 0) is 19.5 Å². The Morgan fingerprint density at radius 1 is 1.23 bits per heavy atom. The standard InChI is InChI=1S/C20H17ClFNO3/c1-2-12-7-18(24)26-19-14(12)8-16(21)20-15(19)10-23(11-25-20)9-13-5-3-4-6-17(13)22/h3-8H,2,9-11H2,1H3/p+1. The lowest BCUT2D eigenvalue weighted by molar-refractivity contribution is -0.945. The van der Waals surface area contributed by atoms with Crippen molar-refractivity contribution in [2.45, 2.75) is 26.4 Å². The van der Waals surface area contributed by atoms with E-state index in [4.69, 9.17) is 20.8 Å². The van der Waals surface area contributed by atoms with E-state index in [1.54, 1.807) is 18.2 Å². The van der Waals surface area contributed by atoms with Crippen LogP contribution >= 0.6 is 11.6 Å². The summed E-state index contributed by atoms with van der Waals surface area (Å²) >= 11 is 6.41. The van der Waals surface area contributed by atoms with Gasteiger partial charge in [-0.15, -0.1) is 0 Å². The Morgan fingerprint density at radius 2 is 2.04 bits per heavy atom. The fraction of sp³-hybridized carbons (Fsp3) is 0.250. The Bertz CT molecular complexity index is 1050. The number of rotatable bonds is 3. The van der Waals surface area contributed by atoms with Gasteiger partial charge < -0.3 is 9.15 Å². The summed E-state index contributed by atoms with van der Waals surface area (Å²) in [5, 5.41) is 1.33. The Hall–Kier alpha value is -2.37. The van der Waals surface area contributed by atoms with Gasteiger partial charge >= 0.3 is 5.63 Å². The van der Waals surface area contributed by atoms with Gasteiger partial charge in [0.15, 0.2) is 11.3 Å². The third-order valence-electron chi connectivity index (χ3n) is 4.75. The van der Waals surface area contributed by atoms with E-state index in [2.05, 4.69) is 0 Å². The van der Waals surface area contributed by atoms with Crippen LogP contribution in [0.25, 0.3) is 11.0 Å². The van der Waals surface area contributed by atoms with E-state index in [0.29, 0.717) is 48.2 Å². The summed E-state index contributed by atoms with van der Waals surface area (Å²) in [5.74, 6) is 0.314. The molecule has 1 aliphatic heterocycles. The summed E-state index contributed by atoms with van der Waals surface area (Å²) in [4.78, 5) is 13.0. The van der Waals surface area contributed by atoms with Crippen molar-refractivity contribution >= 4 is 22.6 Å². The second-order valence-corrected chi connectivity index (χ2v) is 6.88. The van der Waals surface area contributed by atoms with Crippen LogP contribution in [0.4, 0.5) is 4.39 Å². The summed E-state index contributed by atoms with van der Waals surface area (Å²) in [6, 6.07) is 9.99. The van der Waals surface area contributed by atoms with Gasteiger partial charge in [0.25, 0.3) is 0 Å². The molecular weight excluding hydrogens is 357 g/mol. The van der Waals surface area contributed by atoms with Crippen LogP contribution < -0.4 is 15.3 Å². The van der Waals surface area contributed by atoms with Gasteiger partial charge in [0.05, 0.1) is 10.6 Å². The molecule has 6 heteroatoms. The van der Waals surface area contributed by atoms with E-state index in [1.165, 1.54) is 12.1 Å². The number of quaternary nitrogens is 1. The summed E-state index contributed by atoms with van der Waals surface area (Å²) in [6.07, 6.45) is 0.698. The maximum Gasteiger partial charge on any atom is 0.336 e. The molecule has 0 spiro atoms. The van der Waals surface area contributed by atoms with Gasteiger partial charge in [-0.2, -0.15) is 0 Å². The second kappa shape index (κ2) is 6.74. The smallest absolute Gasteiger partial charge is 0.336 e. The number of halogens is 2. The quantitative estimate of drug-likeness (QED) is 0.716. The molecule has 0 saturated carbocycles. The molecule has 4 nitrogen and oxygen atoms in total. The van der Waals surface area contributed by atoms with Crippen molar-refractivity contribution in [2.75, 3.05) is 6.73 Å². The molecule has 2 aromatic carbocycles. The predicted octanol–water partition coefficient (Wildman–Crippen LogP) is 3.08. The van der Waals surface area contributed by atoms with Gasteiger partial charge in [-0.25, -0.2) is 9.18 Å². The van der Waals surface area contributed by atoms with Crippen molar-refractivity contribution in [3.63, 3.8) is 0 Å². The molecule has 2 heterocycles. The Morgan fingerprint density at radius 3 is 2.81 bits per heavy atom. The first-order valence-electron chi connectivity index (χ1n) is 8.54. The molecular formula is C20H18ClFNO3+. The molecule has 0 amide bonds. The number of fused-ring (bicyclic) bond motifs is 3. The minimum Gasteiger partial charge on any atom is -0.443 e. The maximum atomic E-state index is 14.0. The Labute approximate surface area is 154 Å². The highest BCUT2D eigenvalue weighted by Crippen LogP contribution is 2.37. The van der Waals surface area contributed by atoms with Crippen LogP contribution in [0.1, 0.15) is 23.6 Å². The van der Waals surface area contributed by atoms with Crippen molar-refractivity contribution in [1.29, 1.82) is 0 Å². The number of hydrogen-bond acceptors (Lipinski definition) is 3. The molecule has 1 N–H and O–H groups in total. The van der Waals surface area contributed by atoms with Crippen LogP contribution in [0.5, 0.6) is 5.75 Å². The lowest BCUT2D eigenvalue weighted by Gasteiger charge is -2.27. The molecule has 0 radical (unpaired) electrons. The number of benzene rings is 2. The van der Waals surface area contributed by atoms with E-state index >= 15 is 0 Å². The van der Waals surface area contributed by atoms with Crippen molar-refractivity contribution in [3.8, 4) is 5.75 Å². The first-order chi connectivity index (χ1) is 12.6. The van der Waals surface area contributed by atoms with E-state index < -0.39 is 0 Å². The van der Waals surface area contributed by atoms with Crippen LogP contribution in [0, 0.1) is 5.82 Å². The fourth-order valence-electron chi connectivity index (χ4n) is 3.48. The van der Waals surface area contributed by atoms with Gasteiger partial charge in [0, 0.05) is 17.0 Å². The second-order valence-electron chi connectivity index (χ2n) is 6.47. The number of aryl methyl sites for hydroxylation is 1. The first kappa shape index (κ1) is 17.1. The van der Waals surface area contributed by atoms with E-state index in [0.717, 1.165) is 21.4 Å². The molecule has 0 bridgehead atoms. The molecule has 0 aliphatic carbocycles. The zero-order valence-corrected chi connectivity index (χ0v) is 15.0. The molecule has 0 fully saturated rings. The van der Waals surface area contributed by atoms with Crippen LogP contribution in [0.3, 0.4) is 0 Å². The first-order valence-corrected chi connectivity index (χ1v) is 8.92. The summed E-state index contributed by atoms with van der Waals surface area (Å²) in [6.45, 7) is 3.35. The number of hydrogen-bond donors (Lipinski definition) is 1. The average Bonchev–Trinajstić information content (AvgIpc) is 2.64. The highest BCUT2D eigenvalue weighted by Gasteiger charge is 2.28. The van der Waals surface area contributed by atoms with Crippen LogP contribution in [-0.4, -0.2) is 6.73 Å². The number of ether oxygens (including phenoxy) is 1. The predicted molar refractivity (Wildman–Crippen MR) is 97.1 cm³/mol. The fourth-order valence-corrected chi connectivity index (χ4v) is 3.76. The highest BCUT2D eigenvalue weighted by molar-refractivity contribution is 6.33. The van der Waals surface area contributed by atoms with E-state index in [9.17, 15) is 9.18 Å². The molecule has 1 unspecified atom stereocenters. The summed E-state index contributed by atoms with van der Waals surface area (Å²) < 4.78 is 25.3. The van der Waals surface area contributed by atoms with Crippen molar-refractivity contribution in [1.82, 2.24) is 0 Å². The molecule has 26 heavy (non-hydrogen) atoms. The zero-order valence-electron chi connectivity index (χ0n) is 14.3. The van der Waals surface area contributed by atoms with Gasteiger partial charge in [-0.3, -0.25) is 4.90 Å². The third-order valence-corrected chi connectivity index (χ3v) is 5.03. The molecule has 134 valence electrons. The third kappa shape index (κ3) is 2.97. The number of nitrogens with one attached hydrogen (secondary N) is 1. The van der Waals surface area contributed by atoms with Crippen molar-refractivity contribution in [2.24, 2.45) is 0 Å². The van der Waals surface area contributed by atoms with Crippen molar-refractivity contribution < 1.29 is 18.4 Å². The molecule has 3 aromatic rings. The topological polar surface area (TPSA) is 43.9 Å². The largest absolute Gasteiger partial charge is 0.443 e. The van der Waals surface area contributed by atoms with Gasteiger partial charge in [0.2, 0.25) is 6.73 Å². The lowest BCUT2D eigenvalue weighted by atomic mass is 10.0. The zero-order chi connectivity index (χ0) is 18.3. The lowest BCUT2D eigenvalue weighted by Crippen LogP contribution is -3.11. The van der Waals surface area contributed by atoms with E-state index in [1.807, 2.05) is 13.0 Å². The van der Waals surface area contributed by atoms with Crippen LogP contribution in [0.15, 0.2) is 45.6 Å². The SMILES string of the molecule is CCc1cc(=O)oc2c3c(c(Cl)cc12)OC[NH+](Cc1ccccc1F)C3. The highest BCUT2D eigenvalue weighted by atomic mass is 35.5. The monoisotopic (exact) mass is 374 g/mol. The average molecular weight is 375 g/mol. The minimum atomic E-state index is -0.389. The molecule has 1 aromatic heterocycles. The summed E-state index contributed by atoms with van der Waals surface area (Å²) in [7, 11) is 0. The van der Waals surface area contributed by atoms with Crippen LogP contribution in [0.2, 0.25) is 5.02 Å². The van der Waals surface area contributed by atoms with Gasteiger partial charge in [0.1, 0.15) is 18.9 Å². The van der Waals surface area contributed by atoms with Gasteiger partial charge in [-0.05, 0) is 24.1 Å². The Kier molecular flexibility index (Phi) is 4.42. The molecule has 1 aliphatic rings. The molecule has 4 rings (SSSR count). The normalized spacial score (nSPS) is 16.3. The Balaban J connectivity index is 1.78. The van der Waals surface area contributed by atoms with E-state index in [-0.39, 0.29) is 11.4 Å². The summed E-state index contributed by atoms with van der Waals surface area (Å²) in [5.41, 5.74) is 2.40. The maximum absolute atomic E-state index is 14.0. The molecule has 0 saturated heterocycles. The van der Waals surface area contributed by atoms with Crippen molar-refractivity contribution in [3.05, 3.63) is 74.3 Å².